The molecule has 1 aliphatic heterocycles. The molecule has 0 aromatic rings. The molecular weight excluding hydrogens is 180 g/mol. The van der Waals surface area contributed by atoms with E-state index < -0.39 is 6.10 Å². The van der Waals surface area contributed by atoms with Gasteiger partial charge in [-0.15, -0.1) is 0 Å². The van der Waals surface area contributed by atoms with Gasteiger partial charge in [-0.2, -0.15) is 0 Å². The summed E-state index contributed by atoms with van der Waals surface area (Å²) >= 11 is 0. The fourth-order valence-electron chi connectivity index (χ4n) is 2.03. The van der Waals surface area contributed by atoms with Gasteiger partial charge in [0, 0.05) is 0 Å². The highest BCUT2D eigenvalue weighted by Gasteiger charge is 2.41. The Morgan fingerprint density at radius 3 is 2.36 bits per heavy atom. The van der Waals surface area contributed by atoms with E-state index in [9.17, 15) is 5.11 Å². The van der Waals surface area contributed by atoms with Crippen LogP contribution >= 0.6 is 0 Å². The lowest BCUT2D eigenvalue weighted by molar-refractivity contribution is -0.186. The predicted molar refractivity (Wildman–Crippen MR) is 55.0 cm³/mol. The lowest BCUT2D eigenvalue weighted by atomic mass is 9.78. The van der Waals surface area contributed by atoms with Gasteiger partial charge >= 0.3 is 0 Å². The van der Waals surface area contributed by atoms with E-state index in [4.69, 9.17) is 9.84 Å². The molecule has 0 aliphatic carbocycles. The summed E-state index contributed by atoms with van der Waals surface area (Å²) in [5.74, 6) is 0.199. The molecule has 1 rings (SSSR count). The normalized spacial score (nSPS) is 39.9. The number of aliphatic hydroxyl groups excluding tert-OH is 2. The molecule has 1 saturated heterocycles. The Bertz CT molecular complexity index is 185. The highest BCUT2D eigenvalue weighted by molar-refractivity contribution is 4.89. The Kier molecular flexibility index (Phi) is 3.56. The second-order valence-electron chi connectivity index (χ2n) is 5.43. The van der Waals surface area contributed by atoms with Gasteiger partial charge in [0.05, 0.1) is 24.9 Å². The molecule has 0 amide bonds. The highest BCUT2D eigenvalue weighted by Crippen LogP contribution is 2.34. The number of hydrogen-bond acceptors (Lipinski definition) is 3. The topological polar surface area (TPSA) is 49.7 Å². The maximum Gasteiger partial charge on any atom is 0.0889 e. The summed E-state index contributed by atoms with van der Waals surface area (Å²) in [6.45, 7) is 8.20. The van der Waals surface area contributed by atoms with Gasteiger partial charge in [-0.05, 0) is 17.8 Å². The fourth-order valence-corrected chi connectivity index (χ4v) is 2.03. The number of ether oxygens (including phenoxy) is 1. The lowest BCUT2D eigenvalue weighted by Gasteiger charge is -2.43. The molecule has 0 unspecified atom stereocenters. The molecule has 0 spiro atoms. The molecule has 1 aliphatic rings. The number of hydrogen-bond donors (Lipinski definition) is 2. The predicted octanol–water partition coefficient (Wildman–Crippen LogP) is 1.18. The van der Waals surface area contributed by atoms with Crippen molar-refractivity contribution in [3.63, 3.8) is 0 Å². The van der Waals surface area contributed by atoms with Gasteiger partial charge < -0.3 is 14.9 Å². The van der Waals surface area contributed by atoms with Crippen LogP contribution in [0.5, 0.6) is 0 Å². The summed E-state index contributed by atoms with van der Waals surface area (Å²) in [6, 6.07) is 0. The van der Waals surface area contributed by atoms with Crippen molar-refractivity contribution in [1.82, 2.24) is 0 Å². The largest absolute Gasteiger partial charge is 0.394 e. The average Bonchev–Trinajstić information content (AvgIpc) is 2.07. The van der Waals surface area contributed by atoms with Crippen molar-refractivity contribution in [1.29, 1.82) is 0 Å². The fraction of sp³-hybridized carbons (Fsp3) is 1.00. The van der Waals surface area contributed by atoms with Crippen molar-refractivity contribution in [2.75, 3.05) is 6.61 Å². The summed E-state index contributed by atoms with van der Waals surface area (Å²) in [5, 5.41) is 19.1. The lowest BCUT2D eigenvalue weighted by Crippen LogP contribution is -2.51. The molecule has 4 atom stereocenters. The molecule has 2 N–H and O–H groups in total. The standard InChI is InChI=1S/C11H22O3/c1-7-5-8(6-12)14-10(9(7)13)11(2,3)4/h7-10,12-13H,5-6H2,1-4H3/t7-,8-,9+,10+/m0/s1. The van der Waals surface area contributed by atoms with E-state index in [0.29, 0.717) is 0 Å². The smallest absolute Gasteiger partial charge is 0.0889 e. The Balaban J connectivity index is 2.73. The zero-order valence-electron chi connectivity index (χ0n) is 9.53. The molecule has 1 fully saturated rings. The second-order valence-corrected chi connectivity index (χ2v) is 5.43. The quantitative estimate of drug-likeness (QED) is 0.671. The van der Waals surface area contributed by atoms with E-state index in [2.05, 4.69) is 0 Å². The molecule has 0 bridgehead atoms. The van der Waals surface area contributed by atoms with E-state index in [1.54, 1.807) is 0 Å². The van der Waals surface area contributed by atoms with Crippen LogP contribution in [0.1, 0.15) is 34.1 Å². The van der Waals surface area contributed by atoms with Gasteiger partial charge in [0.25, 0.3) is 0 Å². The third-order valence-electron chi connectivity index (χ3n) is 2.92. The third kappa shape index (κ3) is 2.47. The summed E-state index contributed by atoms with van der Waals surface area (Å²) in [5.41, 5.74) is -0.0818. The molecule has 3 heteroatoms. The van der Waals surface area contributed by atoms with Gasteiger partial charge in [0.15, 0.2) is 0 Å². The van der Waals surface area contributed by atoms with Crippen LogP contribution in [-0.4, -0.2) is 35.1 Å². The number of aliphatic hydroxyl groups is 2. The Morgan fingerprint density at radius 1 is 1.36 bits per heavy atom. The average molecular weight is 202 g/mol. The van der Waals surface area contributed by atoms with Crippen molar-refractivity contribution in [3.8, 4) is 0 Å². The van der Waals surface area contributed by atoms with Crippen LogP contribution in [0.2, 0.25) is 0 Å². The van der Waals surface area contributed by atoms with Crippen molar-refractivity contribution < 1.29 is 14.9 Å². The summed E-state index contributed by atoms with van der Waals surface area (Å²) in [6.07, 6.45) is 0.0309. The Morgan fingerprint density at radius 2 is 1.93 bits per heavy atom. The van der Waals surface area contributed by atoms with E-state index in [1.807, 2.05) is 27.7 Å². The Hall–Kier alpha value is -0.120. The monoisotopic (exact) mass is 202 g/mol. The van der Waals surface area contributed by atoms with Crippen LogP contribution in [0.4, 0.5) is 0 Å². The van der Waals surface area contributed by atoms with Crippen LogP contribution in [0.3, 0.4) is 0 Å². The molecule has 1 heterocycles. The first-order chi connectivity index (χ1) is 6.36. The van der Waals surface area contributed by atoms with Crippen LogP contribution in [0, 0.1) is 11.3 Å². The summed E-state index contributed by atoms with van der Waals surface area (Å²) in [7, 11) is 0. The molecule has 3 nitrogen and oxygen atoms in total. The zero-order valence-corrected chi connectivity index (χ0v) is 9.53. The van der Waals surface area contributed by atoms with Crippen molar-refractivity contribution in [2.24, 2.45) is 11.3 Å². The van der Waals surface area contributed by atoms with Crippen LogP contribution in [0.25, 0.3) is 0 Å². The zero-order chi connectivity index (χ0) is 10.9. The molecule has 0 radical (unpaired) electrons. The second kappa shape index (κ2) is 4.17. The van der Waals surface area contributed by atoms with E-state index in [1.165, 1.54) is 0 Å². The van der Waals surface area contributed by atoms with Gasteiger partial charge in [-0.3, -0.25) is 0 Å². The maximum absolute atomic E-state index is 9.98. The molecular formula is C11H22O3. The third-order valence-corrected chi connectivity index (χ3v) is 2.92. The molecule has 14 heavy (non-hydrogen) atoms. The van der Waals surface area contributed by atoms with E-state index in [-0.39, 0.29) is 30.1 Å². The van der Waals surface area contributed by atoms with Crippen LogP contribution in [-0.2, 0) is 4.74 Å². The Labute approximate surface area is 86.1 Å². The minimum Gasteiger partial charge on any atom is -0.394 e. The molecule has 0 saturated carbocycles. The summed E-state index contributed by atoms with van der Waals surface area (Å²) < 4.78 is 5.68. The molecule has 0 aromatic heterocycles. The van der Waals surface area contributed by atoms with Gasteiger partial charge in [-0.1, -0.05) is 27.7 Å². The minimum absolute atomic E-state index is 0.0453. The first kappa shape index (κ1) is 12.0. The van der Waals surface area contributed by atoms with E-state index >= 15 is 0 Å². The minimum atomic E-state index is -0.419. The number of rotatable bonds is 1. The highest BCUT2D eigenvalue weighted by atomic mass is 16.5. The van der Waals surface area contributed by atoms with Crippen molar-refractivity contribution in [3.05, 3.63) is 0 Å². The molecule has 84 valence electrons. The van der Waals surface area contributed by atoms with Crippen molar-refractivity contribution >= 4 is 0 Å². The summed E-state index contributed by atoms with van der Waals surface area (Å²) in [4.78, 5) is 0. The first-order valence-electron chi connectivity index (χ1n) is 5.30. The van der Waals surface area contributed by atoms with Crippen molar-refractivity contribution in [2.45, 2.75) is 52.4 Å². The first-order valence-corrected chi connectivity index (χ1v) is 5.30. The maximum atomic E-state index is 9.98. The van der Waals surface area contributed by atoms with Crippen LogP contribution in [0.15, 0.2) is 0 Å². The SMILES string of the molecule is C[C@H]1C[C@@H](CO)O[C@@H](C(C)(C)C)[C@@H]1O. The van der Waals surface area contributed by atoms with Gasteiger partial charge in [-0.25, -0.2) is 0 Å². The van der Waals surface area contributed by atoms with E-state index in [0.717, 1.165) is 6.42 Å². The van der Waals surface area contributed by atoms with Gasteiger partial charge in [0.1, 0.15) is 0 Å². The van der Waals surface area contributed by atoms with Gasteiger partial charge in [0.2, 0.25) is 0 Å². The van der Waals surface area contributed by atoms with Crippen LogP contribution < -0.4 is 0 Å². The molecule has 0 aromatic carbocycles.